The maximum Gasteiger partial charge on any atom is 0.243 e. The molecule has 0 saturated carbocycles. The first-order chi connectivity index (χ1) is 10.7. The van der Waals surface area contributed by atoms with Crippen LogP contribution in [-0.2, 0) is 20.0 Å². The summed E-state index contributed by atoms with van der Waals surface area (Å²) >= 11 is 0. The minimum Gasteiger partial charge on any atom is -0.319 e. The van der Waals surface area contributed by atoms with E-state index in [9.17, 15) is 16.8 Å². The molecule has 1 aliphatic heterocycles. The number of aryl methyl sites for hydroxylation is 1. The summed E-state index contributed by atoms with van der Waals surface area (Å²) in [6.45, 7) is 3.35. The molecule has 1 heterocycles. The summed E-state index contributed by atoms with van der Waals surface area (Å²) in [5.41, 5.74) is 0.409. The van der Waals surface area contributed by atoms with E-state index >= 15 is 0 Å². The molecule has 0 bridgehead atoms. The Balaban J connectivity index is 2.30. The molecule has 9 heteroatoms. The van der Waals surface area contributed by atoms with E-state index in [2.05, 4.69) is 10.0 Å². The third kappa shape index (κ3) is 3.74. The number of nitrogens with one attached hydrogen (secondary N) is 2. The predicted octanol–water partition coefficient (Wildman–Crippen LogP) is 0.133. The highest BCUT2D eigenvalue weighted by Gasteiger charge is 2.32. The number of rotatable bonds is 6. The summed E-state index contributed by atoms with van der Waals surface area (Å²) in [4.78, 5) is 0.226. The van der Waals surface area contributed by atoms with Crippen LogP contribution in [0.1, 0.15) is 12.0 Å². The molecule has 1 aromatic rings. The standard InChI is InChI=1S/C14H23N3O4S2/c1-11-8-13(4-5-14(11)22(18,19)16-3)23(20,21)17-7-6-12(10-17)9-15-2/h4-5,8,12,15-16H,6-7,9-10H2,1-3H3. The highest BCUT2D eigenvalue weighted by molar-refractivity contribution is 7.89. The molecule has 23 heavy (non-hydrogen) atoms. The van der Waals surface area contributed by atoms with Crippen LogP contribution in [0.2, 0.25) is 0 Å². The van der Waals surface area contributed by atoms with E-state index in [4.69, 9.17) is 0 Å². The second-order valence-electron chi connectivity index (χ2n) is 5.71. The van der Waals surface area contributed by atoms with Gasteiger partial charge in [0.1, 0.15) is 0 Å². The van der Waals surface area contributed by atoms with Crippen LogP contribution in [0.25, 0.3) is 0 Å². The van der Waals surface area contributed by atoms with Crippen molar-refractivity contribution in [3.05, 3.63) is 23.8 Å². The number of benzene rings is 1. The normalized spacial score (nSPS) is 20.0. The SMILES string of the molecule is CNCC1CCN(S(=O)(=O)c2ccc(S(=O)(=O)NC)c(C)c2)C1. The molecule has 2 rings (SSSR count). The first-order valence-corrected chi connectivity index (χ1v) is 10.3. The second kappa shape index (κ2) is 6.86. The minimum atomic E-state index is -3.59. The summed E-state index contributed by atoms with van der Waals surface area (Å²) < 4.78 is 52.9. The zero-order valence-corrected chi connectivity index (χ0v) is 15.2. The molecule has 2 N–H and O–H groups in total. The van der Waals surface area contributed by atoms with E-state index in [0.29, 0.717) is 24.6 Å². The van der Waals surface area contributed by atoms with E-state index in [1.807, 2.05) is 7.05 Å². The molecule has 1 atom stereocenters. The van der Waals surface area contributed by atoms with Gasteiger partial charge in [-0.2, -0.15) is 4.31 Å². The number of hydrogen-bond donors (Lipinski definition) is 2. The Kier molecular flexibility index (Phi) is 5.47. The fraction of sp³-hybridized carbons (Fsp3) is 0.571. The lowest BCUT2D eigenvalue weighted by Gasteiger charge is -2.17. The molecule has 1 saturated heterocycles. The van der Waals surface area contributed by atoms with Crippen molar-refractivity contribution in [3.63, 3.8) is 0 Å². The third-order valence-corrected chi connectivity index (χ3v) is 7.52. The largest absolute Gasteiger partial charge is 0.319 e. The highest BCUT2D eigenvalue weighted by Crippen LogP contribution is 2.26. The summed E-state index contributed by atoms with van der Waals surface area (Å²) in [7, 11) is -4.01. The summed E-state index contributed by atoms with van der Waals surface area (Å²) in [5.74, 6) is 0.305. The Hall–Kier alpha value is -1.00. The lowest BCUT2D eigenvalue weighted by atomic mass is 10.1. The molecule has 1 aliphatic rings. The third-order valence-electron chi connectivity index (χ3n) is 4.08. The Labute approximate surface area is 138 Å². The second-order valence-corrected chi connectivity index (χ2v) is 9.50. The lowest BCUT2D eigenvalue weighted by molar-refractivity contribution is 0.451. The van der Waals surface area contributed by atoms with Crippen LogP contribution in [0.5, 0.6) is 0 Å². The van der Waals surface area contributed by atoms with Gasteiger partial charge in [0.05, 0.1) is 9.79 Å². The average molecular weight is 361 g/mol. The van der Waals surface area contributed by atoms with Gasteiger partial charge in [-0.1, -0.05) is 0 Å². The summed E-state index contributed by atoms with van der Waals surface area (Å²) in [6, 6.07) is 4.12. The average Bonchev–Trinajstić information content (AvgIpc) is 2.96. The van der Waals surface area contributed by atoms with Gasteiger partial charge in [-0.25, -0.2) is 21.6 Å². The van der Waals surface area contributed by atoms with Crippen molar-refractivity contribution in [2.75, 3.05) is 33.7 Å². The number of nitrogens with zero attached hydrogens (tertiary/aromatic N) is 1. The van der Waals surface area contributed by atoms with Gasteiger partial charge < -0.3 is 5.32 Å². The van der Waals surface area contributed by atoms with Crippen LogP contribution in [0.4, 0.5) is 0 Å². The molecule has 0 aromatic heterocycles. The lowest BCUT2D eigenvalue weighted by Crippen LogP contribution is -2.30. The molecule has 7 nitrogen and oxygen atoms in total. The van der Waals surface area contributed by atoms with Crippen molar-refractivity contribution in [2.24, 2.45) is 5.92 Å². The van der Waals surface area contributed by atoms with Gasteiger partial charge in [0.2, 0.25) is 20.0 Å². The van der Waals surface area contributed by atoms with Gasteiger partial charge in [0.15, 0.2) is 0 Å². The Morgan fingerprint density at radius 2 is 1.91 bits per heavy atom. The molecule has 1 unspecified atom stereocenters. The Morgan fingerprint density at radius 3 is 2.48 bits per heavy atom. The zero-order chi connectivity index (χ0) is 17.3. The molecule has 0 aliphatic carbocycles. The fourth-order valence-corrected chi connectivity index (χ4v) is 5.38. The quantitative estimate of drug-likeness (QED) is 0.751. The van der Waals surface area contributed by atoms with Crippen molar-refractivity contribution >= 4 is 20.0 Å². The fourth-order valence-electron chi connectivity index (χ4n) is 2.81. The van der Waals surface area contributed by atoms with E-state index in [1.165, 1.54) is 29.6 Å². The zero-order valence-electron chi connectivity index (χ0n) is 13.5. The van der Waals surface area contributed by atoms with Crippen LogP contribution < -0.4 is 10.0 Å². The number of hydrogen-bond acceptors (Lipinski definition) is 5. The van der Waals surface area contributed by atoms with E-state index in [-0.39, 0.29) is 9.79 Å². The molecular formula is C14H23N3O4S2. The molecule has 0 spiro atoms. The van der Waals surface area contributed by atoms with Crippen molar-refractivity contribution in [3.8, 4) is 0 Å². The Morgan fingerprint density at radius 1 is 1.22 bits per heavy atom. The number of sulfonamides is 2. The Bertz CT molecular complexity index is 775. The van der Waals surface area contributed by atoms with Gasteiger partial charge in [0, 0.05) is 13.1 Å². The maximum absolute atomic E-state index is 12.7. The monoisotopic (exact) mass is 361 g/mol. The molecule has 0 amide bonds. The van der Waals surface area contributed by atoms with Crippen LogP contribution in [0.3, 0.4) is 0 Å². The van der Waals surface area contributed by atoms with E-state index in [0.717, 1.165) is 13.0 Å². The highest BCUT2D eigenvalue weighted by atomic mass is 32.2. The maximum atomic E-state index is 12.7. The van der Waals surface area contributed by atoms with Gasteiger partial charge >= 0.3 is 0 Å². The van der Waals surface area contributed by atoms with E-state index in [1.54, 1.807) is 6.92 Å². The van der Waals surface area contributed by atoms with Crippen molar-refractivity contribution in [1.29, 1.82) is 0 Å². The van der Waals surface area contributed by atoms with Crippen LogP contribution >= 0.6 is 0 Å². The topological polar surface area (TPSA) is 95.6 Å². The van der Waals surface area contributed by atoms with Gasteiger partial charge in [-0.3, -0.25) is 0 Å². The molecule has 130 valence electrons. The first-order valence-electron chi connectivity index (χ1n) is 7.41. The van der Waals surface area contributed by atoms with Crippen LogP contribution in [-0.4, -0.2) is 54.9 Å². The van der Waals surface area contributed by atoms with Crippen molar-refractivity contribution < 1.29 is 16.8 Å². The molecule has 1 fully saturated rings. The van der Waals surface area contributed by atoms with Crippen LogP contribution in [0.15, 0.2) is 28.0 Å². The van der Waals surface area contributed by atoms with Crippen molar-refractivity contribution in [1.82, 2.24) is 14.3 Å². The van der Waals surface area contributed by atoms with E-state index < -0.39 is 20.0 Å². The van der Waals surface area contributed by atoms with Gasteiger partial charge in [0.25, 0.3) is 0 Å². The summed E-state index contributed by atoms with van der Waals surface area (Å²) in [5, 5.41) is 3.07. The van der Waals surface area contributed by atoms with Crippen molar-refractivity contribution in [2.45, 2.75) is 23.1 Å². The van der Waals surface area contributed by atoms with Crippen LogP contribution in [0, 0.1) is 12.8 Å². The molecule has 1 aromatic carbocycles. The smallest absolute Gasteiger partial charge is 0.243 e. The van der Waals surface area contributed by atoms with Gasteiger partial charge in [-0.05, 0) is 63.7 Å². The van der Waals surface area contributed by atoms with Gasteiger partial charge in [-0.15, -0.1) is 0 Å². The predicted molar refractivity (Wildman–Crippen MR) is 88.2 cm³/mol. The summed E-state index contributed by atoms with van der Waals surface area (Å²) in [6.07, 6.45) is 0.825. The first kappa shape index (κ1) is 18.3. The molecule has 0 radical (unpaired) electrons. The minimum absolute atomic E-state index is 0.0911. The molecular weight excluding hydrogens is 338 g/mol.